The molecule has 0 saturated carbocycles. The molecule has 4 rings (SSSR count). The number of pyridine rings is 1. The van der Waals surface area contributed by atoms with Crippen LogP contribution in [0.5, 0.6) is 0 Å². The van der Waals surface area contributed by atoms with Crippen molar-refractivity contribution in [3.8, 4) is 11.1 Å². The number of amides is 1. The van der Waals surface area contributed by atoms with Crippen LogP contribution in [-0.2, 0) is 11.3 Å². The summed E-state index contributed by atoms with van der Waals surface area (Å²) in [5.74, 6) is 1.25. The zero-order valence-electron chi connectivity index (χ0n) is 16.1. The first-order chi connectivity index (χ1) is 13.5. The number of rotatable bonds is 4. The maximum absolute atomic E-state index is 12.4. The van der Waals surface area contributed by atoms with Crippen LogP contribution in [0.2, 0.25) is 0 Å². The van der Waals surface area contributed by atoms with Gasteiger partial charge >= 0.3 is 0 Å². The van der Waals surface area contributed by atoms with Crippen molar-refractivity contribution in [1.82, 2.24) is 19.7 Å². The van der Waals surface area contributed by atoms with Crippen molar-refractivity contribution in [1.29, 1.82) is 0 Å². The molecule has 0 bridgehead atoms. The Kier molecular flexibility index (Phi) is 4.61. The molecule has 0 aliphatic heterocycles. The number of aromatic nitrogens is 4. The van der Waals surface area contributed by atoms with Gasteiger partial charge in [-0.1, -0.05) is 18.2 Å². The van der Waals surface area contributed by atoms with Gasteiger partial charge in [-0.2, -0.15) is 5.10 Å². The van der Waals surface area contributed by atoms with E-state index < -0.39 is 0 Å². The summed E-state index contributed by atoms with van der Waals surface area (Å²) in [6, 6.07) is 14.2. The van der Waals surface area contributed by atoms with Crippen LogP contribution in [0.15, 0.2) is 54.9 Å². The Morgan fingerprint density at radius 3 is 2.68 bits per heavy atom. The van der Waals surface area contributed by atoms with E-state index in [1.807, 2.05) is 44.3 Å². The number of benzene rings is 2. The molecule has 0 fully saturated rings. The first kappa shape index (κ1) is 17.9. The summed E-state index contributed by atoms with van der Waals surface area (Å²) < 4.78 is 1.61. The smallest absolute Gasteiger partial charge is 0.246 e. The van der Waals surface area contributed by atoms with Crippen LogP contribution >= 0.6 is 0 Å². The van der Waals surface area contributed by atoms with Crippen molar-refractivity contribution in [2.45, 2.75) is 27.3 Å². The molecular formula is C22H21N5O. The number of nitrogens with one attached hydrogen (secondary N) is 1. The van der Waals surface area contributed by atoms with E-state index in [4.69, 9.17) is 0 Å². The Hall–Kier alpha value is -3.54. The van der Waals surface area contributed by atoms with Crippen LogP contribution in [-0.4, -0.2) is 25.7 Å². The molecule has 140 valence electrons. The monoisotopic (exact) mass is 371 g/mol. The zero-order chi connectivity index (χ0) is 19.7. The van der Waals surface area contributed by atoms with Gasteiger partial charge in [-0.3, -0.25) is 9.78 Å². The van der Waals surface area contributed by atoms with Crippen molar-refractivity contribution in [2.75, 3.05) is 5.32 Å². The number of nitrogens with zero attached hydrogens (tertiary/aromatic N) is 4. The molecule has 0 atom stereocenters. The molecule has 1 amide bonds. The van der Waals surface area contributed by atoms with Gasteiger partial charge in [0.05, 0.1) is 0 Å². The lowest BCUT2D eigenvalue weighted by atomic mass is 9.98. The first-order valence-corrected chi connectivity index (χ1v) is 9.12. The van der Waals surface area contributed by atoms with Crippen LogP contribution in [0.25, 0.3) is 21.9 Å². The minimum atomic E-state index is -0.134. The van der Waals surface area contributed by atoms with Gasteiger partial charge < -0.3 is 5.32 Å². The summed E-state index contributed by atoms with van der Waals surface area (Å²) in [5, 5.41) is 9.44. The van der Waals surface area contributed by atoms with Gasteiger partial charge in [0.15, 0.2) is 0 Å². The number of aryl methyl sites for hydroxylation is 3. The number of fused-ring (bicyclic) bond motifs is 1. The predicted molar refractivity (Wildman–Crippen MR) is 110 cm³/mol. The van der Waals surface area contributed by atoms with E-state index in [1.165, 1.54) is 0 Å². The molecule has 2 aromatic carbocycles. The van der Waals surface area contributed by atoms with Gasteiger partial charge in [0.1, 0.15) is 18.2 Å². The van der Waals surface area contributed by atoms with Crippen molar-refractivity contribution in [3.63, 3.8) is 0 Å². The van der Waals surface area contributed by atoms with E-state index >= 15 is 0 Å². The lowest BCUT2D eigenvalue weighted by Gasteiger charge is -2.12. The largest absolute Gasteiger partial charge is 0.324 e. The van der Waals surface area contributed by atoms with Gasteiger partial charge in [-0.05, 0) is 67.1 Å². The highest BCUT2D eigenvalue weighted by Gasteiger charge is 2.10. The third kappa shape index (κ3) is 3.62. The minimum absolute atomic E-state index is 0.134. The standard InChI is InChI=1S/C22H21N5O/c1-14-4-7-20(25-22(28)13-27-16(3)24-15(2)26-27)11-21(14)18-6-5-17-8-9-23-12-19(17)10-18/h4-12H,13H2,1-3H3,(H,25,28). The molecule has 0 unspecified atom stereocenters. The average Bonchev–Trinajstić information content (AvgIpc) is 2.99. The third-order valence-electron chi connectivity index (χ3n) is 4.73. The van der Waals surface area contributed by atoms with Gasteiger partial charge in [0.2, 0.25) is 5.91 Å². The van der Waals surface area contributed by atoms with Crippen LogP contribution in [0.3, 0.4) is 0 Å². The molecule has 0 spiro atoms. The van der Waals surface area contributed by atoms with Crippen molar-refractivity contribution in [3.05, 3.63) is 72.1 Å². The number of anilines is 1. The molecule has 2 aromatic heterocycles. The maximum Gasteiger partial charge on any atom is 0.246 e. The molecule has 4 aromatic rings. The maximum atomic E-state index is 12.4. The van der Waals surface area contributed by atoms with Gasteiger partial charge in [0, 0.05) is 23.5 Å². The number of hydrogen-bond acceptors (Lipinski definition) is 4. The van der Waals surface area contributed by atoms with E-state index in [9.17, 15) is 4.79 Å². The topological polar surface area (TPSA) is 72.7 Å². The Morgan fingerprint density at radius 1 is 1.04 bits per heavy atom. The molecule has 0 radical (unpaired) electrons. The van der Waals surface area contributed by atoms with Gasteiger partial charge in [-0.25, -0.2) is 9.67 Å². The molecule has 0 saturated heterocycles. The highest BCUT2D eigenvalue weighted by atomic mass is 16.2. The second-order valence-corrected chi connectivity index (χ2v) is 6.88. The molecule has 6 nitrogen and oxygen atoms in total. The zero-order valence-corrected chi connectivity index (χ0v) is 16.1. The van der Waals surface area contributed by atoms with Crippen LogP contribution in [0, 0.1) is 20.8 Å². The first-order valence-electron chi connectivity index (χ1n) is 9.12. The fourth-order valence-corrected chi connectivity index (χ4v) is 3.31. The second kappa shape index (κ2) is 7.23. The summed E-state index contributed by atoms with van der Waals surface area (Å²) >= 11 is 0. The second-order valence-electron chi connectivity index (χ2n) is 6.88. The van der Waals surface area contributed by atoms with Crippen LogP contribution in [0.1, 0.15) is 17.2 Å². The number of carbonyl (C=O) groups excluding carboxylic acids is 1. The summed E-state index contributed by atoms with van der Waals surface area (Å²) in [4.78, 5) is 20.9. The van der Waals surface area contributed by atoms with Crippen LogP contribution in [0.4, 0.5) is 5.69 Å². The Morgan fingerprint density at radius 2 is 1.89 bits per heavy atom. The molecular weight excluding hydrogens is 350 g/mol. The summed E-state index contributed by atoms with van der Waals surface area (Å²) in [5.41, 5.74) is 4.07. The number of carbonyl (C=O) groups is 1. The van der Waals surface area contributed by atoms with E-state index in [0.29, 0.717) is 5.82 Å². The van der Waals surface area contributed by atoms with Crippen molar-refractivity contribution >= 4 is 22.4 Å². The van der Waals surface area contributed by atoms with E-state index in [-0.39, 0.29) is 12.5 Å². The van der Waals surface area contributed by atoms with Crippen molar-refractivity contribution in [2.24, 2.45) is 0 Å². The molecule has 0 aliphatic carbocycles. The highest BCUT2D eigenvalue weighted by molar-refractivity contribution is 5.92. The molecule has 1 N–H and O–H groups in total. The van der Waals surface area contributed by atoms with Gasteiger partial charge in [-0.15, -0.1) is 0 Å². The summed E-state index contributed by atoms with van der Waals surface area (Å²) in [6.07, 6.45) is 3.66. The van der Waals surface area contributed by atoms with E-state index in [2.05, 4.69) is 45.5 Å². The fraction of sp³-hybridized carbons (Fsp3) is 0.182. The third-order valence-corrected chi connectivity index (χ3v) is 4.73. The quantitative estimate of drug-likeness (QED) is 0.587. The van der Waals surface area contributed by atoms with Gasteiger partial charge in [0.25, 0.3) is 0 Å². The Labute approximate surface area is 163 Å². The lowest BCUT2D eigenvalue weighted by molar-refractivity contribution is -0.116. The fourth-order valence-electron chi connectivity index (χ4n) is 3.31. The molecule has 28 heavy (non-hydrogen) atoms. The normalized spacial score (nSPS) is 11.0. The Balaban J connectivity index is 1.59. The number of hydrogen-bond donors (Lipinski definition) is 1. The molecule has 0 aliphatic rings. The lowest BCUT2D eigenvalue weighted by Crippen LogP contribution is -2.20. The minimum Gasteiger partial charge on any atom is -0.324 e. The summed E-state index contributed by atoms with van der Waals surface area (Å²) in [6.45, 7) is 5.85. The van der Waals surface area contributed by atoms with E-state index in [1.54, 1.807) is 10.9 Å². The highest BCUT2D eigenvalue weighted by Crippen LogP contribution is 2.29. The van der Waals surface area contributed by atoms with Crippen molar-refractivity contribution < 1.29 is 4.79 Å². The predicted octanol–water partition coefficient (Wildman–Crippen LogP) is 4.06. The Bertz CT molecular complexity index is 1180. The summed E-state index contributed by atoms with van der Waals surface area (Å²) in [7, 11) is 0. The molecule has 2 heterocycles. The van der Waals surface area contributed by atoms with Crippen LogP contribution < -0.4 is 5.32 Å². The SMILES string of the molecule is Cc1nc(C)n(CC(=O)Nc2ccc(C)c(-c3ccc4ccncc4c3)c2)n1. The van der Waals surface area contributed by atoms with E-state index in [0.717, 1.165) is 39.0 Å². The molecule has 6 heteroatoms. The average molecular weight is 371 g/mol.